The van der Waals surface area contributed by atoms with E-state index in [1.807, 2.05) is 43.9 Å². The summed E-state index contributed by atoms with van der Waals surface area (Å²) < 4.78 is 20.0. The average Bonchev–Trinajstić information content (AvgIpc) is 3.30. The molecule has 1 fully saturated rings. The van der Waals surface area contributed by atoms with Crippen LogP contribution in [0.2, 0.25) is 0 Å². The summed E-state index contributed by atoms with van der Waals surface area (Å²) >= 11 is 3.43. The molecule has 5 nitrogen and oxygen atoms in total. The Morgan fingerprint density at radius 2 is 1.93 bits per heavy atom. The molecule has 1 saturated heterocycles. The van der Waals surface area contributed by atoms with Crippen molar-refractivity contribution >= 4 is 22.3 Å². The van der Waals surface area contributed by atoms with Crippen molar-refractivity contribution in [3.63, 3.8) is 0 Å². The maximum atomic E-state index is 6.48. The summed E-state index contributed by atoms with van der Waals surface area (Å²) in [6.07, 6.45) is 5.39. The highest BCUT2D eigenvalue weighted by molar-refractivity contribution is 9.10. The van der Waals surface area contributed by atoms with Gasteiger partial charge in [0, 0.05) is 4.47 Å². The molecule has 27 heavy (non-hydrogen) atoms. The molecule has 0 aliphatic carbocycles. The van der Waals surface area contributed by atoms with E-state index in [0.717, 1.165) is 15.8 Å². The maximum absolute atomic E-state index is 6.48. The van der Waals surface area contributed by atoms with E-state index in [-0.39, 0.29) is 6.10 Å². The highest BCUT2D eigenvalue weighted by Crippen LogP contribution is 2.42. The third-order valence-electron chi connectivity index (χ3n) is 4.86. The minimum atomic E-state index is -0.974. The molecule has 0 spiro atoms. The lowest BCUT2D eigenvalue weighted by Crippen LogP contribution is -2.56. The van der Waals surface area contributed by atoms with Gasteiger partial charge in [-0.15, -0.1) is 0 Å². The number of quaternary nitrogens is 1. The first-order valence-electron chi connectivity index (χ1n) is 8.86. The number of hydrogen-bond donors (Lipinski definition) is 0. The zero-order chi connectivity index (χ0) is 18.9. The SMILES string of the molecule is Cc1ccc(C2([N+]3(C)C=CN=C3)OCC(COc3ccc(Br)cc3)O2)cc1. The van der Waals surface area contributed by atoms with Gasteiger partial charge in [-0.1, -0.05) is 33.6 Å². The van der Waals surface area contributed by atoms with Crippen LogP contribution >= 0.6 is 15.9 Å². The van der Waals surface area contributed by atoms with Gasteiger partial charge in [0.05, 0.1) is 25.4 Å². The molecule has 2 aromatic rings. The van der Waals surface area contributed by atoms with Crippen LogP contribution in [0.15, 0.2) is 70.4 Å². The van der Waals surface area contributed by atoms with E-state index >= 15 is 0 Å². The zero-order valence-corrected chi connectivity index (χ0v) is 16.9. The molecule has 0 bridgehead atoms. The van der Waals surface area contributed by atoms with Gasteiger partial charge in [-0.3, -0.25) is 9.47 Å². The predicted molar refractivity (Wildman–Crippen MR) is 107 cm³/mol. The van der Waals surface area contributed by atoms with E-state index in [4.69, 9.17) is 14.2 Å². The number of rotatable bonds is 5. The first kappa shape index (κ1) is 18.4. The highest BCUT2D eigenvalue weighted by Gasteiger charge is 2.58. The number of ether oxygens (including phenoxy) is 3. The predicted octanol–water partition coefficient (Wildman–Crippen LogP) is 4.32. The van der Waals surface area contributed by atoms with Crippen molar-refractivity contribution in [1.29, 1.82) is 0 Å². The van der Waals surface area contributed by atoms with Crippen LogP contribution in [0, 0.1) is 6.92 Å². The molecule has 3 unspecified atom stereocenters. The van der Waals surface area contributed by atoms with Crippen LogP contribution in [0.4, 0.5) is 0 Å². The molecule has 0 saturated carbocycles. The van der Waals surface area contributed by atoms with E-state index < -0.39 is 5.91 Å². The molecule has 140 valence electrons. The lowest BCUT2D eigenvalue weighted by Gasteiger charge is -2.39. The summed E-state index contributed by atoms with van der Waals surface area (Å²) in [5, 5.41) is 0. The summed E-state index contributed by atoms with van der Waals surface area (Å²) in [7, 11) is 2.02. The van der Waals surface area contributed by atoms with Crippen molar-refractivity contribution in [3.8, 4) is 5.75 Å². The third-order valence-corrected chi connectivity index (χ3v) is 5.39. The summed E-state index contributed by atoms with van der Waals surface area (Å²) in [5.41, 5.74) is 2.15. The van der Waals surface area contributed by atoms with Gasteiger partial charge in [0.15, 0.2) is 6.34 Å². The molecule has 0 radical (unpaired) electrons. The summed E-state index contributed by atoms with van der Waals surface area (Å²) in [6.45, 7) is 2.92. The van der Waals surface area contributed by atoms with E-state index in [1.54, 1.807) is 6.20 Å². The number of nitrogens with zero attached hydrogens (tertiary/aromatic N) is 2. The number of hydrogen-bond acceptors (Lipinski definition) is 4. The van der Waals surface area contributed by atoms with Crippen molar-refractivity contribution < 1.29 is 18.7 Å². The van der Waals surface area contributed by atoms with Gasteiger partial charge >= 0.3 is 5.91 Å². The Bertz CT molecular complexity index is 852. The fourth-order valence-electron chi connectivity index (χ4n) is 3.31. The van der Waals surface area contributed by atoms with Gasteiger partial charge in [-0.25, -0.2) is 4.99 Å². The second-order valence-electron chi connectivity index (χ2n) is 6.97. The van der Waals surface area contributed by atoms with Gasteiger partial charge < -0.3 is 4.74 Å². The minimum Gasteiger partial charge on any atom is -0.491 e. The fourth-order valence-corrected chi connectivity index (χ4v) is 3.58. The summed E-state index contributed by atoms with van der Waals surface area (Å²) in [4.78, 5) is 4.27. The molecule has 0 aromatic heterocycles. The number of aliphatic imine (C=N–C) groups is 1. The molecule has 2 aliphatic rings. The Morgan fingerprint density at radius 1 is 1.19 bits per heavy atom. The monoisotopic (exact) mass is 429 g/mol. The van der Waals surface area contributed by atoms with Gasteiger partial charge in [-0.05, 0) is 43.3 Å². The standard InChI is InChI=1S/C21H22BrN2O3/c1-16-3-5-17(6-4-16)21(24(2)12-11-23-15-24)26-14-20(27-21)13-25-19-9-7-18(22)8-10-19/h3-12,15,20H,13-14H2,1-2H3/q+1. The molecular formula is C21H22BrN2O3+. The van der Waals surface area contributed by atoms with Crippen molar-refractivity contribution in [1.82, 2.24) is 0 Å². The molecule has 3 atom stereocenters. The maximum Gasteiger partial charge on any atom is 0.358 e. The second kappa shape index (κ2) is 7.20. The number of aryl methyl sites for hydroxylation is 1. The molecule has 6 heteroatoms. The molecule has 0 N–H and O–H groups in total. The van der Waals surface area contributed by atoms with Crippen molar-refractivity contribution in [2.45, 2.75) is 18.9 Å². The normalized spacial score (nSPS) is 29.4. The summed E-state index contributed by atoms with van der Waals surface area (Å²) in [5.74, 6) is -0.171. The van der Waals surface area contributed by atoms with Crippen LogP contribution in [0.3, 0.4) is 0 Å². The van der Waals surface area contributed by atoms with Crippen LogP contribution in [-0.2, 0) is 15.4 Å². The number of halogens is 1. The third kappa shape index (κ3) is 3.46. The fraction of sp³-hybridized carbons (Fsp3) is 0.286. The van der Waals surface area contributed by atoms with Crippen LogP contribution < -0.4 is 4.74 Å². The Hall–Kier alpha value is -1.99. The lowest BCUT2D eigenvalue weighted by atomic mass is 10.1. The van der Waals surface area contributed by atoms with E-state index in [9.17, 15) is 0 Å². The first-order chi connectivity index (χ1) is 13.0. The van der Waals surface area contributed by atoms with E-state index in [0.29, 0.717) is 17.7 Å². The van der Waals surface area contributed by atoms with Crippen LogP contribution in [0.25, 0.3) is 0 Å². The second-order valence-corrected chi connectivity index (χ2v) is 7.89. The molecule has 2 aromatic carbocycles. The molecule has 4 rings (SSSR count). The minimum absolute atomic E-state index is 0.188. The van der Waals surface area contributed by atoms with E-state index in [1.165, 1.54) is 5.56 Å². The average molecular weight is 430 g/mol. The Kier molecular flexibility index (Phi) is 4.90. The van der Waals surface area contributed by atoms with Crippen molar-refractivity contribution in [2.75, 3.05) is 20.3 Å². The van der Waals surface area contributed by atoms with Crippen LogP contribution in [0.1, 0.15) is 11.1 Å². The van der Waals surface area contributed by atoms with Crippen molar-refractivity contribution in [2.24, 2.45) is 4.99 Å². The lowest BCUT2D eigenvalue weighted by molar-refractivity contribution is -0.896. The van der Waals surface area contributed by atoms with Crippen LogP contribution in [0.5, 0.6) is 5.75 Å². The largest absolute Gasteiger partial charge is 0.491 e. The Labute approximate surface area is 167 Å². The number of benzene rings is 2. The zero-order valence-electron chi connectivity index (χ0n) is 15.3. The quantitative estimate of drug-likeness (QED) is 0.664. The topological polar surface area (TPSA) is 40.0 Å². The smallest absolute Gasteiger partial charge is 0.358 e. The molecule has 2 aliphatic heterocycles. The summed E-state index contributed by atoms with van der Waals surface area (Å²) in [6, 6.07) is 16.0. The molecular weight excluding hydrogens is 408 g/mol. The Morgan fingerprint density at radius 3 is 2.59 bits per heavy atom. The van der Waals surface area contributed by atoms with Crippen LogP contribution in [-0.4, -0.2) is 37.2 Å². The molecule has 2 heterocycles. The van der Waals surface area contributed by atoms with Gasteiger partial charge in [0.25, 0.3) is 0 Å². The first-order valence-corrected chi connectivity index (χ1v) is 9.65. The highest BCUT2D eigenvalue weighted by atomic mass is 79.9. The van der Waals surface area contributed by atoms with E-state index in [2.05, 4.69) is 52.1 Å². The van der Waals surface area contributed by atoms with Crippen molar-refractivity contribution in [3.05, 3.63) is 76.5 Å². The van der Waals surface area contributed by atoms with Gasteiger partial charge in [-0.2, -0.15) is 4.48 Å². The van der Waals surface area contributed by atoms with Gasteiger partial charge in [0.2, 0.25) is 0 Å². The Balaban J connectivity index is 1.56. The van der Waals surface area contributed by atoms with Gasteiger partial charge in [0.1, 0.15) is 24.7 Å². The molecule has 0 amide bonds.